The Kier molecular flexibility index (Phi) is 4.79. The van der Waals surface area contributed by atoms with Gasteiger partial charge >= 0.3 is 0 Å². The number of benzene rings is 1. The van der Waals surface area contributed by atoms with Gasteiger partial charge in [0.05, 0.1) is 0 Å². The highest BCUT2D eigenvalue weighted by Crippen LogP contribution is 2.37. The van der Waals surface area contributed by atoms with E-state index in [0.29, 0.717) is 0 Å². The van der Waals surface area contributed by atoms with Gasteiger partial charge < -0.3 is 10.6 Å². The van der Waals surface area contributed by atoms with Crippen molar-refractivity contribution < 1.29 is 0 Å². The zero-order valence-corrected chi connectivity index (χ0v) is 13.7. The van der Waals surface area contributed by atoms with Crippen LogP contribution in [0, 0.1) is 5.92 Å². The lowest BCUT2D eigenvalue weighted by atomic mass is 9.91. The normalized spacial score (nSPS) is 28.3. The number of rotatable bonds is 4. The van der Waals surface area contributed by atoms with Gasteiger partial charge in [0.25, 0.3) is 0 Å². The van der Waals surface area contributed by atoms with Gasteiger partial charge in [-0.3, -0.25) is 0 Å². The number of likely N-dealkylation sites (tertiary alicyclic amines) is 1. The largest absolute Gasteiger partial charge is 0.324 e. The summed E-state index contributed by atoms with van der Waals surface area (Å²) in [5, 5.41) is 0. The van der Waals surface area contributed by atoms with E-state index in [4.69, 9.17) is 5.73 Å². The standard InChI is InChI=1S/C17H25BrN2/c18-15-7-1-5-14(12-15)16(19)9-11-20-10-3-6-13-4-2-8-17(13)20/h1,5,7,12-13,16-17H,2-4,6,8-11,19H2. The molecule has 1 heterocycles. The molecule has 1 aliphatic carbocycles. The second-order valence-corrected chi connectivity index (χ2v) is 7.30. The summed E-state index contributed by atoms with van der Waals surface area (Å²) in [4.78, 5) is 2.72. The van der Waals surface area contributed by atoms with Crippen LogP contribution in [0.4, 0.5) is 0 Å². The van der Waals surface area contributed by atoms with Gasteiger partial charge in [-0.15, -0.1) is 0 Å². The van der Waals surface area contributed by atoms with Gasteiger partial charge in [-0.25, -0.2) is 0 Å². The molecule has 2 fully saturated rings. The topological polar surface area (TPSA) is 29.3 Å². The first-order chi connectivity index (χ1) is 9.74. The Hall–Kier alpha value is -0.380. The third-order valence-corrected chi connectivity index (χ3v) is 5.61. The molecule has 20 heavy (non-hydrogen) atoms. The first kappa shape index (κ1) is 14.6. The molecule has 0 bridgehead atoms. The van der Waals surface area contributed by atoms with Crippen molar-refractivity contribution in [2.24, 2.45) is 11.7 Å². The molecule has 0 amide bonds. The summed E-state index contributed by atoms with van der Waals surface area (Å²) in [6.07, 6.45) is 8.21. The van der Waals surface area contributed by atoms with E-state index in [2.05, 4.69) is 45.1 Å². The fourth-order valence-electron chi connectivity index (χ4n) is 4.04. The first-order valence-corrected chi connectivity index (χ1v) is 8.78. The molecule has 1 saturated carbocycles. The number of piperidine rings is 1. The van der Waals surface area contributed by atoms with E-state index in [9.17, 15) is 0 Å². The van der Waals surface area contributed by atoms with Crippen LogP contribution in [0.15, 0.2) is 28.7 Å². The molecule has 3 rings (SSSR count). The smallest absolute Gasteiger partial charge is 0.0307 e. The summed E-state index contributed by atoms with van der Waals surface area (Å²) in [6.45, 7) is 2.45. The van der Waals surface area contributed by atoms with Crippen molar-refractivity contribution in [1.82, 2.24) is 4.90 Å². The Labute approximate surface area is 130 Å². The van der Waals surface area contributed by atoms with Gasteiger partial charge in [0, 0.05) is 23.1 Å². The molecule has 0 aromatic heterocycles. The highest BCUT2D eigenvalue weighted by molar-refractivity contribution is 9.10. The Bertz CT molecular complexity index is 448. The van der Waals surface area contributed by atoms with Gasteiger partial charge in [-0.1, -0.05) is 34.5 Å². The average Bonchev–Trinajstić information content (AvgIpc) is 2.93. The van der Waals surface area contributed by atoms with Crippen molar-refractivity contribution in [1.29, 1.82) is 0 Å². The molecule has 0 radical (unpaired) electrons. The molecule has 2 aliphatic rings. The highest BCUT2D eigenvalue weighted by Gasteiger charge is 2.34. The fourth-order valence-corrected chi connectivity index (χ4v) is 4.46. The van der Waals surface area contributed by atoms with Gasteiger partial charge in [-0.05, 0) is 62.3 Å². The van der Waals surface area contributed by atoms with Crippen molar-refractivity contribution in [3.8, 4) is 0 Å². The zero-order chi connectivity index (χ0) is 13.9. The number of hydrogen-bond acceptors (Lipinski definition) is 2. The van der Waals surface area contributed by atoms with Crippen LogP contribution in [0.25, 0.3) is 0 Å². The predicted octanol–water partition coefficient (Wildman–Crippen LogP) is 4.10. The summed E-state index contributed by atoms with van der Waals surface area (Å²) < 4.78 is 1.12. The lowest BCUT2D eigenvalue weighted by molar-refractivity contribution is 0.109. The average molecular weight is 337 g/mol. The van der Waals surface area contributed by atoms with Gasteiger partial charge in [0.15, 0.2) is 0 Å². The quantitative estimate of drug-likeness (QED) is 0.896. The molecule has 1 aromatic rings. The van der Waals surface area contributed by atoms with Crippen LogP contribution in [0.2, 0.25) is 0 Å². The van der Waals surface area contributed by atoms with Crippen molar-refractivity contribution >= 4 is 15.9 Å². The van der Waals surface area contributed by atoms with Crippen molar-refractivity contribution in [2.75, 3.05) is 13.1 Å². The third kappa shape index (κ3) is 3.26. The summed E-state index contributed by atoms with van der Waals surface area (Å²) in [7, 11) is 0. The van der Waals surface area contributed by atoms with Crippen LogP contribution in [-0.4, -0.2) is 24.0 Å². The maximum Gasteiger partial charge on any atom is 0.0307 e. The SMILES string of the molecule is NC(CCN1CCCC2CCCC21)c1cccc(Br)c1. The van der Waals surface area contributed by atoms with E-state index in [1.54, 1.807) is 0 Å². The predicted molar refractivity (Wildman–Crippen MR) is 87.6 cm³/mol. The monoisotopic (exact) mass is 336 g/mol. The fraction of sp³-hybridized carbons (Fsp3) is 0.647. The minimum absolute atomic E-state index is 0.161. The highest BCUT2D eigenvalue weighted by atomic mass is 79.9. The van der Waals surface area contributed by atoms with E-state index in [1.807, 2.05) is 0 Å². The van der Waals surface area contributed by atoms with Crippen molar-refractivity contribution in [3.63, 3.8) is 0 Å². The van der Waals surface area contributed by atoms with E-state index in [0.717, 1.165) is 29.4 Å². The third-order valence-electron chi connectivity index (χ3n) is 5.11. The van der Waals surface area contributed by atoms with Gasteiger partial charge in [0.1, 0.15) is 0 Å². The molecule has 2 nitrogen and oxygen atoms in total. The molecule has 110 valence electrons. The van der Waals surface area contributed by atoms with Gasteiger partial charge in [-0.2, -0.15) is 0 Å². The second kappa shape index (κ2) is 6.59. The number of hydrogen-bond donors (Lipinski definition) is 1. The molecule has 1 saturated heterocycles. The number of halogens is 1. The maximum atomic E-state index is 6.37. The molecule has 3 heteroatoms. The summed E-state index contributed by atoms with van der Waals surface area (Å²) in [6, 6.07) is 9.45. The van der Waals surface area contributed by atoms with Crippen molar-refractivity contribution in [2.45, 2.75) is 50.6 Å². The minimum atomic E-state index is 0.161. The Balaban J connectivity index is 1.56. The number of fused-ring (bicyclic) bond motifs is 1. The lowest BCUT2D eigenvalue weighted by Crippen LogP contribution is -2.43. The first-order valence-electron chi connectivity index (χ1n) is 7.99. The molecule has 1 aliphatic heterocycles. The lowest BCUT2D eigenvalue weighted by Gasteiger charge is -2.38. The van der Waals surface area contributed by atoms with E-state index in [-0.39, 0.29) is 6.04 Å². The minimum Gasteiger partial charge on any atom is -0.324 e. The van der Waals surface area contributed by atoms with Crippen molar-refractivity contribution in [3.05, 3.63) is 34.3 Å². The van der Waals surface area contributed by atoms with Crippen LogP contribution in [0.5, 0.6) is 0 Å². The van der Waals surface area contributed by atoms with Crippen LogP contribution >= 0.6 is 15.9 Å². The zero-order valence-electron chi connectivity index (χ0n) is 12.1. The Morgan fingerprint density at radius 1 is 1.25 bits per heavy atom. The van der Waals surface area contributed by atoms with Crippen LogP contribution < -0.4 is 5.73 Å². The van der Waals surface area contributed by atoms with Gasteiger partial charge in [0.2, 0.25) is 0 Å². The van der Waals surface area contributed by atoms with E-state index >= 15 is 0 Å². The summed E-state index contributed by atoms with van der Waals surface area (Å²) in [5.74, 6) is 0.978. The second-order valence-electron chi connectivity index (χ2n) is 6.39. The molecule has 3 atom stereocenters. The molecule has 3 unspecified atom stereocenters. The van der Waals surface area contributed by atoms with Crippen LogP contribution in [0.1, 0.15) is 50.1 Å². The van der Waals surface area contributed by atoms with E-state index in [1.165, 1.54) is 44.2 Å². The molecule has 0 spiro atoms. The molecule has 2 N–H and O–H groups in total. The Morgan fingerprint density at radius 3 is 2.95 bits per heavy atom. The number of nitrogens with two attached hydrogens (primary N) is 1. The molecule has 1 aromatic carbocycles. The Morgan fingerprint density at radius 2 is 2.10 bits per heavy atom. The maximum absolute atomic E-state index is 6.37. The van der Waals surface area contributed by atoms with Crippen LogP contribution in [0.3, 0.4) is 0 Å². The molecular formula is C17H25BrN2. The summed E-state index contributed by atoms with van der Waals surface area (Å²) >= 11 is 3.53. The molecular weight excluding hydrogens is 312 g/mol. The van der Waals surface area contributed by atoms with Crippen LogP contribution in [-0.2, 0) is 0 Å². The summed E-state index contributed by atoms with van der Waals surface area (Å²) in [5.41, 5.74) is 7.62. The van der Waals surface area contributed by atoms with E-state index < -0.39 is 0 Å². The number of nitrogens with zero attached hydrogens (tertiary/aromatic N) is 1.